The van der Waals surface area contributed by atoms with Crippen molar-refractivity contribution in [2.24, 2.45) is 0 Å². The van der Waals surface area contributed by atoms with Gasteiger partial charge in [0.25, 0.3) is 0 Å². The molecule has 1 aromatic heterocycles. The van der Waals surface area contributed by atoms with Gasteiger partial charge in [0, 0.05) is 12.6 Å². The fourth-order valence-corrected chi connectivity index (χ4v) is 3.10. The summed E-state index contributed by atoms with van der Waals surface area (Å²) in [4.78, 5) is 9.37. The molecule has 0 aromatic carbocycles. The Morgan fingerprint density at radius 2 is 2.14 bits per heavy atom. The van der Waals surface area contributed by atoms with Crippen molar-refractivity contribution in [1.82, 2.24) is 25.3 Å². The van der Waals surface area contributed by atoms with E-state index in [2.05, 4.69) is 48.2 Å². The summed E-state index contributed by atoms with van der Waals surface area (Å²) >= 11 is 0. The third-order valence-corrected chi connectivity index (χ3v) is 4.63. The second-order valence-electron chi connectivity index (χ2n) is 6.20. The van der Waals surface area contributed by atoms with Crippen molar-refractivity contribution in [3.8, 4) is 0 Å². The largest absolute Gasteiger partial charge is 0.339 e. The van der Waals surface area contributed by atoms with Gasteiger partial charge in [-0.15, -0.1) is 0 Å². The van der Waals surface area contributed by atoms with Crippen LogP contribution in [0.5, 0.6) is 0 Å². The van der Waals surface area contributed by atoms with Crippen LogP contribution in [0.25, 0.3) is 0 Å². The summed E-state index contributed by atoms with van der Waals surface area (Å²) in [6.07, 6.45) is 2.23. The average molecular weight is 295 g/mol. The van der Waals surface area contributed by atoms with Crippen molar-refractivity contribution in [2.45, 2.75) is 44.7 Å². The number of rotatable bonds is 5. The highest BCUT2D eigenvalue weighted by atomic mass is 16.5. The number of nitrogens with one attached hydrogen (secondary N) is 1. The van der Waals surface area contributed by atoms with Crippen LogP contribution < -0.4 is 5.32 Å². The molecule has 6 nitrogen and oxygen atoms in total. The normalized spacial score (nSPS) is 24.7. The van der Waals surface area contributed by atoms with E-state index in [0.717, 1.165) is 37.8 Å². The highest BCUT2D eigenvalue weighted by molar-refractivity contribution is 5.02. The predicted molar refractivity (Wildman–Crippen MR) is 83.3 cm³/mol. The molecule has 0 saturated carbocycles. The lowest BCUT2D eigenvalue weighted by Crippen LogP contribution is -2.32. The molecule has 1 aromatic rings. The molecule has 2 rings (SSSR count). The van der Waals surface area contributed by atoms with Crippen molar-refractivity contribution >= 4 is 0 Å². The molecule has 0 amide bonds. The monoisotopic (exact) mass is 295 g/mol. The second kappa shape index (κ2) is 7.33. The molecule has 0 bridgehead atoms. The Labute approximate surface area is 127 Å². The number of likely N-dealkylation sites (N-methyl/N-ethyl adjacent to an activating group) is 3. The molecule has 6 heteroatoms. The molecule has 3 atom stereocenters. The lowest BCUT2D eigenvalue weighted by molar-refractivity contribution is 0.214. The minimum atomic E-state index is 0.219. The predicted octanol–water partition coefficient (Wildman–Crippen LogP) is 1.48. The van der Waals surface area contributed by atoms with E-state index in [9.17, 15) is 0 Å². The van der Waals surface area contributed by atoms with E-state index in [1.54, 1.807) is 0 Å². The molecule has 21 heavy (non-hydrogen) atoms. The van der Waals surface area contributed by atoms with Gasteiger partial charge < -0.3 is 14.7 Å². The first-order chi connectivity index (χ1) is 10.1. The molecule has 3 unspecified atom stereocenters. The first kappa shape index (κ1) is 16.4. The van der Waals surface area contributed by atoms with Crippen molar-refractivity contribution in [3.63, 3.8) is 0 Å². The molecular weight excluding hydrogens is 266 g/mol. The van der Waals surface area contributed by atoms with Crippen LogP contribution in [0, 0.1) is 0 Å². The molecule has 0 aliphatic carbocycles. The van der Waals surface area contributed by atoms with E-state index in [1.165, 1.54) is 6.42 Å². The zero-order valence-electron chi connectivity index (χ0n) is 14.0. The van der Waals surface area contributed by atoms with Crippen molar-refractivity contribution in [3.05, 3.63) is 11.7 Å². The number of hydrogen-bond acceptors (Lipinski definition) is 6. The number of aromatic nitrogens is 2. The number of nitrogens with zero attached hydrogens (tertiary/aromatic N) is 4. The van der Waals surface area contributed by atoms with Gasteiger partial charge in [0.15, 0.2) is 5.82 Å². The van der Waals surface area contributed by atoms with E-state index in [1.807, 2.05) is 7.05 Å². The second-order valence-corrected chi connectivity index (χ2v) is 6.20. The summed E-state index contributed by atoms with van der Waals surface area (Å²) in [5, 5.41) is 7.57. The van der Waals surface area contributed by atoms with Crippen LogP contribution in [-0.4, -0.2) is 66.8 Å². The maximum atomic E-state index is 5.54. The molecule has 0 radical (unpaired) electrons. The summed E-state index contributed by atoms with van der Waals surface area (Å²) in [6, 6.07) is 0.588. The average Bonchev–Trinajstić information content (AvgIpc) is 2.88. The van der Waals surface area contributed by atoms with Crippen molar-refractivity contribution < 1.29 is 4.52 Å². The Balaban J connectivity index is 2.14. The van der Waals surface area contributed by atoms with E-state index in [-0.39, 0.29) is 12.0 Å². The first-order valence-electron chi connectivity index (χ1n) is 7.96. The fraction of sp³-hybridized carbons (Fsp3) is 0.867. The molecule has 1 aliphatic rings. The molecule has 1 aliphatic heterocycles. The Morgan fingerprint density at radius 3 is 2.81 bits per heavy atom. The highest BCUT2D eigenvalue weighted by Crippen LogP contribution is 2.24. The van der Waals surface area contributed by atoms with Gasteiger partial charge in [0.1, 0.15) is 0 Å². The van der Waals surface area contributed by atoms with Gasteiger partial charge in [-0.05, 0) is 47.1 Å². The quantitative estimate of drug-likeness (QED) is 0.888. The SMILES string of the molecule is CCC(NC)C(C)c1nc(C2CN(C)CCCN2C)no1. The van der Waals surface area contributed by atoms with Crippen molar-refractivity contribution in [2.75, 3.05) is 40.8 Å². The van der Waals surface area contributed by atoms with Gasteiger partial charge in [0.2, 0.25) is 5.89 Å². The molecular formula is C15H29N5O. The highest BCUT2D eigenvalue weighted by Gasteiger charge is 2.28. The fourth-order valence-electron chi connectivity index (χ4n) is 3.10. The van der Waals surface area contributed by atoms with Crippen LogP contribution in [0.3, 0.4) is 0 Å². The molecule has 0 spiro atoms. The molecule has 1 saturated heterocycles. The maximum Gasteiger partial charge on any atom is 0.231 e. The molecule has 1 fully saturated rings. The van der Waals surface area contributed by atoms with E-state index >= 15 is 0 Å². The molecule has 2 heterocycles. The molecule has 120 valence electrons. The summed E-state index contributed by atoms with van der Waals surface area (Å²) in [6.45, 7) is 7.46. The minimum absolute atomic E-state index is 0.219. The Kier molecular flexibility index (Phi) is 5.72. The van der Waals surface area contributed by atoms with Crippen LogP contribution >= 0.6 is 0 Å². The van der Waals surface area contributed by atoms with Gasteiger partial charge in [-0.2, -0.15) is 4.98 Å². The van der Waals surface area contributed by atoms with Gasteiger partial charge in [-0.3, -0.25) is 4.90 Å². The van der Waals surface area contributed by atoms with Gasteiger partial charge in [-0.25, -0.2) is 0 Å². The smallest absolute Gasteiger partial charge is 0.231 e. The Hall–Kier alpha value is -0.980. The van der Waals surface area contributed by atoms with Crippen LogP contribution in [0.2, 0.25) is 0 Å². The Bertz CT molecular complexity index is 431. The lowest BCUT2D eigenvalue weighted by Gasteiger charge is -2.24. The van der Waals surface area contributed by atoms with Crippen LogP contribution in [-0.2, 0) is 0 Å². The van der Waals surface area contributed by atoms with Gasteiger partial charge in [0.05, 0.1) is 12.0 Å². The van der Waals surface area contributed by atoms with Crippen LogP contribution in [0.4, 0.5) is 0 Å². The van der Waals surface area contributed by atoms with E-state index in [4.69, 9.17) is 9.51 Å². The first-order valence-corrected chi connectivity index (χ1v) is 7.96. The summed E-state index contributed by atoms with van der Waals surface area (Å²) in [7, 11) is 6.28. The summed E-state index contributed by atoms with van der Waals surface area (Å²) in [5.41, 5.74) is 0. The van der Waals surface area contributed by atoms with Crippen molar-refractivity contribution in [1.29, 1.82) is 0 Å². The third-order valence-electron chi connectivity index (χ3n) is 4.63. The summed E-state index contributed by atoms with van der Waals surface area (Å²) < 4.78 is 5.54. The van der Waals surface area contributed by atoms with E-state index in [0.29, 0.717) is 6.04 Å². The van der Waals surface area contributed by atoms with Gasteiger partial charge >= 0.3 is 0 Å². The van der Waals surface area contributed by atoms with E-state index < -0.39 is 0 Å². The zero-order chi connectivity index (χ0) is 15.4. The third kappa shape index (κ3) is 3.81. The zero-order valence-corrected chi connectivity index (χ0v) is 14.0. The topological polar surface area (TPSA) is 57.4 Å². The summed E-state index contributed by atoms with van der Waals surface area (Å²) in [5.74, 6) is 1.79. The minimum Gasteiger partial charge on any atom is -0.339 e. The molecule has 1 N–H and O–H groups in total. The standard InChI is InChI=1S/C15H29N5O/c1-6-12(16-3)11(2)15-17-14(18-21-15)13-10-19(4)8-7-9-20(13)5/h11-13,16H,6-10H2,1-5H3. The van der Waals surface area contributed by atoms with Crippen LogP contribution in [0.15, 0.2) is 4.52 Å². The maximum absolute atomic E-state index is 5.54. The number of hydrogen-bond donors (Lipinski definition) is 1. The van der Waals surface area contributed by atoms with Crippen LogP contribution in [0.1, 0.15) is 50.4 Å². The van der Waals surface area contributed by atoms with Gasteiger partial charge in [-0.1, -0.05) is 19.0 Å². The Morgan fingerprint density at radius 1 is 1.38 bits per heavy atom. The lowest BCUT2D eigenvalue weighted by atomic mass is 10.00.